The molecular weight excluding hydrogens is 304 g/mol. The Morgan fingerprint density at radius 3 is 2.42 bits per heavy atom. The maximum Gasteiger partial charge on any atom is 0.361 e. The molecule has 1 amide bonds. The minimum atomic E-state index is -0.203. The summed E-state index contributed by atoms with van der Waals surface area (Å²) >= 11 is 0. The highest BCUT2D eigenvalue weighted by Crippen LogP contribution is 2.65. The zero-order chi connectivity index (χ0) is 18.2. The van der Waals surface area contributed by atoms with Gasteiger partial charge < -0.3 is 14.5 Å². The molecule has 2 aliphatic carbocycles. The van der Waals surface area contributed by atoms with Crippen LogP contribution in [0.2, 0.25) is 0 Å². The molecule has 138 valence electrons. The van der Waals surface area contributed by atoms with E-state index in [1.54, 1.807) is 0 Å². The Morgan fingerprint density at radius 2 is 1.92 bits per heavy atom. The summed E-state index contributed by atoms with van der Waals surface area (Å²) in [7, 11) is 3.93. The quantitative estimate of drug-likeness (QED) is 0.572. The number of hydrogen-bond donors (Lipinski definition) is 1. The Morgan fingerprint density at radius 1 is 1.25 bits per heavy atom. The molecule has 0 spiro atoms. The molecule has 2 rings (SSSR count). The van der Waals surface area contributed by atoms with Gasteiger partial charge in [0.1, 0.15) is 0 Å². The van der Waals surface area contributed by atoms with Crippen molar-refractivity contribution in [2.75, 3.05) is 33.8 Å². The third-order valence-corrected chi connectivity index (χ3v) is 6.94. The lowest BCUT2D eigenvalue weighted by atomic mass is 9.69. The van der Waals surface area contributed by atoms with Gasteiger partial charge in [0.2, 0.25) is 5.91 Å². The van der Waals surface area contributed by atoms with Crippen LogP contribution >= 0.6 is 0 Å². The number of esters is 1. The second-order valence-corrected chi connectivity index (χ2v) is 9.10. The van der Waals surface area contributed by atoms with Gasteiger partial charge >= 0.3 is 5.97 Å². The molecule has 5 heteroatoms. The number of carbonyl (C=O) groups excluding carboxylic acids is 2. The summed E-state index contributed by atoms with van der Waals surface area (Å²) in [5.41, 5.74) is 0.521. The van der Waals surface area contributed by atoms with Crippen LogP contribution in [-0.4, -0.2) is 56.2 Å². The second-order valence-electron chi connectivity index (χ2n) is 9.10. The van der Waals surface area contributed by atoms with E-state index >= 15 is 0 Å². The molecule has 0 aromatic heterocycles. The molecule has 2 fully saturated rings. The maximum absolute atomic E-state index is 12.4. The van der Waals surface area contributed by atoms with Crippen LogP contribution in [0, 0.1) is 16.7 Å². The summed E-state index contributed by atoms with van der Waals surface area (Å²) in [6.45, 7) is 10.2. The minimum Gasteiger partial charge on any atom is -0.462 e. The summed E-state index contributed by atoms with van der Waals surface area (Å²) in [4.78, 5) is 24.1. The molecule has 0 aromatic rings. The molecule has 0 aromatic carbocycles. The molecule has 0 unspecified atom stereocenters. The van der Waals surface area contributed by atoms with Crippen molar-refractivity contribution in [2.45, 2.75) is 59.4 Å². The van der Waals surface area contributed by atoms with Crippen molar-refractivity contribution in [3.8, 4) is 0 Å². The highest BCUT2D eigenvalue weighted by molar-refractivity contribution is 5.76. The molecule has 2 aliphatic rings. The Labute approximate surface area is 146 Å². The molecule has 2 saturated carbocycles. The van der Waals surface area contributed by atoms with Crippen LogP contribution < -0.4 is 5.32 Å². The highest BCUT2D eigenvalue weighted by Gasteiger charge is 2.61. The van der Waals surface area contributed by atoms with Gasteiger partial charge in [-0.3, -0.25) is 4.79 Å². The molecule has 24 heavy (non-hydrogen) atoms. The first-order valence-corrected chi connectivity index (χ1v) is 9.29. The van der Waals surface area contributed by atoms with Gasteiger partial charge in [0.25, 0.3) is 0 Å². The van der Waals surface area contributed by atoms with Gasteiger partial charge in [0, 0.05) is 6.04 Å². The predicted octanol–water partition coefficient (Wildman–Crippen LogP) is 2.35. The van der Waals surface area contributed by atoms with Gasteiger partial charge in [0.15, 0.2) is 6.54 Å². The van der Waals surface area contributed by atoms with E-state index in [2.05, 4.69) is 26.1 Å². The van der Waals surface area contributed by atoms with Gasteiger partial charge in [-0.15, -0.1) is 0 Å². The van der Waals surface area contributed by atoms with E-state index in [-0.39, 0.29) is 17.3 Å². The molecular formula is C19H35N2O3+. The first kappa shape index (κ1) is 19.2. The number of fused-ring (bicyclic) bond motifs is 2. The molecule has 0 saturated heterocycles. The van der Waals surface area contributed by atoms with Crippen LogP contribution in [0.25, 0.3) is 0 Å². The number of quaternary nitrogens is 1. The van der Waals surface area contributed by atoms with Crippen LogP contribution in [0.1, 0.15) is 53.4 Å². The van der Waals surface area contributed by atoms with E-state index in [0.29, 0.717) is 42.1 Å². The fourth-order valence-electron chi connectivity index (χ4n) is 4.73. The van der Waals surface area contributed by atoms with E-state index in [4.69, 9.17) is 4.74 Å². The van der Waals surface area contributed by atoms with E-state index in [1.807, 2.05) is 21.0 Å². The van der Waals surface area contributed by atoms with Crippen molar-refractivity contribution in [3.05, 3.63) is 0 Å². The number of ether oxygens (including phenoxy) is 1. The molecule has 0 radical (unpaired) electrons. The first-order chi connectivity index (χ1) is 11.0. The Hall–Kier alpha value is -1.10. The summed E-state index contributed by atoms with van der Waals surface area (Å²) < 4.78 is 5.48. The maximum atomic E-state index is 12.4. The van der Waals surface area contributed by atoms with Gasteiger partial charge in [-0.25, -0.2) is 4.79 Å². The molecule has 2 bridgehead atoms. The van der Waals surface area contributed by atoms with Crippen molar-refractivity contribution in [3.63, 3.8) is 0 Å². The molecule has 5 nitrogen and oxygen atoms in total. The fourth-order valence-corrected chi connectivity index (χ4v) is 4.73. The van der Waals surface area contributed by atoms with E-state index in [1.165, 1.54) is 12.8 Å². The SMILES string of the molecule is CCOC(=O)C[N+](C)(C)CCC(=O)N[C@H]1C[C@@H]2CC[C@@]1(C)C2(C)C. The average molecular weight is 340 g/mol. The van der Waals surface area contributed by atoms with E-state index in [0.717, 1.165) is 12.3 Å². The number of amides is 1. The smallest absolute Gasteiger partial charge is 0.361 e. The summed E-state index contributed by atoms with van der Waals surface area (Å²) in [6.07, 6.45) is 4.06. The average Bonchev–Trinajstić information content (AvgIpc) is 2.78. The molecule has 3 atom stereocenters. The van der Waals surface area contributed by atoms with Crippen molar-refractivity contribution in [1.29, 1.82) is 0 Å². The normalized spacial score (nSPS) is 31.1. The van der Waals surface area contributed by atoms with Gasteiger partial charge in [-0.05, 0) is 42.9 Å². The molecule has 0 aliphatic heterocycles. The van der Waals surface area contributed by atoms with Gasteiger partial charge in [0.05, 0.1) is 33.7 Å². The Bertz CT molecular complexity index is 501. The summed E-state index contributed by atoms with van der Waals surface area (Å²) in [6, 6.07) is 0.291. The number of hydrogen-bond acceptors (Lipinski definition) is 3. The largest absolute Gasteiger partial charge is 0.462 e. The fraction of sp³-hybridized carbons (Fsp3) is 0.895. The van der Waals surface area contributed by atoms with Crippen LogP contribution in [0.5, 0.6) is 0 Å². The number of rotatable bonds is 7. The standard InChI is InChI=1S/C19H34N2O3/c1-7-24-17(23)13-21(5,6)11-9-16(22)20-15-12-14-8-10-19(15,4)18(14,2)3/h14-15H,7-13H2,1-6H3/p+1/t14-,15-,19+/m0/s1. The first-order valence-electron chi connectivity index (χ1n) is 9.29. The Balaban J connectivity index is 1.83. The van der Waals surface area contributed by atoms with Crippen LogP contribution in [-0.2, 0) is 14.3 Å². The minimum absolute atomic E-state index is 0.111. The third-order valence-electron chi connectivity index (χ3n) is 6.94. The lowest BCUT2D eigenvalue weighted by Crippen LogP contribution is -2.49. The van der Waals surface area contributed by atoms with Crippen molar-refractivity contribution < 1.29 is 18.8 Å². The lowest BCUT2D eigenvalue weighted by Gasteiger charge is -2.39. The van der Waals surface area contributed by atoms with E-state index < -0.39 is 0 Å². The number of nitrogens with zero attached hydrogens (tertiary/aromatic N) is 1. The van der Waals surface area contributed by atoms with Crippen LogP contribution in [0.15, 0.2) is 0 Å². The third kappa shape index (κ3) is 3.61. The van der Waals surface area contributed by atoms with Crippen molar-refractivity contribution >= 4 is 11.9 Å². The zero-order valence-electron chi connectivity index (χ0n) is 16.3. The van der Waals surface area contributed by atoms with Gasteiger partial charge in [-0.2, -0.15) is 0 Å². The summed E-state index contributed by atoms with van der Waals surface area (Å²) in [5.74, 6) is 0.633. The summed E-state index contributed by atoms with van der Waals surface area (Å²) in [5, 5.41) is 3.29. The number of carbonyl (C=O) groups is 2. The molecule has 0 heterocycles. The number of likely N-dealkylation sites (N-methyl/N-ethyl adjacent to an activating group) is 1. The van der Waals surface area contributed by atoms with E-state index in [9.17, 15) is 9.59 Å². The number of nitrogens with one attached hydrogen (secondary N) is 1. The topological polar surface area (TPSA) is 55.4 Å². The van der Waals surface area contributed by atoms with Crippen LogP contribution in [0.4, 0.5) is 0 Å². The van der Waals surface area contributed by atoms with Crippen molar-refractivity contribution in [1.82, 2.24) is 5.32 Å². The predicted molar refractivity (Wildman–Crippen MR) is 94.3 cm³/mol. The second kappa shape index (κ2) is 6.66. The lowest BCUT2D eigenvalue weighted by molar-refractivity contribution is -0.882. The van der Waals surface area contributed by atoms with Gasteiger partial charge in [-0.1, -0.05) is 20.8 Å². The van der Waals surface area contributed by atoms with Crippen molar-refractivity contribution in [2.24, 2.45) is 16.7 Å². The monoisotopic (exact) mass is 339 g/mol. The van der Waals surface area contributed by atoms with Crippen LogP contribution in [0.3, 0.4) is 0 Å². The molecule has 1 N–H and O–H groups in total. The highest BCUT2D eigenvalue weighted by atomic mass is 16.5. The Kier molecular flexibility index (Phi) is 5.34. The zero-order valence-corrected chi connectivity index (χ0v) is 16.3.